The lowest BCUT2D eigenvalue weighted by atomic mass is 10.0. The van der Waals surface area contributed by atoms with E-state index in [0.29, 0.717) is 23.9 Å². The predicted molar refractivity (Wildman–Crippen MR) is 266 cm³/mol. The van der Waals surface area contributed by atoms with E-state index < -0.39 is 20.0 Å². The molecule has 0 aromatic rings. The molecule has 9 heteroatoms. The van der Waals surface area contributed by atoms with Gasteiger partial charge in [-0.05, 0) is 38.5 Å². The number of phosphoric ester groups is 1. The number of aliphatic hydroxyl groups is 1. The first kappa shape index (κ1) is 61.2. The number of aliphatic hydroxyl groups excluding tert-OH is 1. The number of carbonyl (C=O) groups is 1. The SMILES string of the molecule is CCCCCCCCCCCCCC/C=C\CCCCCCCCCCCCCCCCCC(=O)NC(COP(=O)([O-])OCC[N+](C)(C)C)C(O)CCCCCCCCCCC. The number of quaternary nitrogens is 1. The van der Waals surface area contributed by atoms with Crippen LogP contribution in [0.4, 0.5) is 0 Å². The van der Waals surface area contributed by atoms with Gasteiger partial charge in [-0.3, -0.25) is 9.36 Å². The van der Waals surface area contributed by atoms with Crippen LogP contribution < -0.4 is 10.2 Å². The number of likely N-dealkylation sites (N-methyl/N-ethyl adjacent to an activating group) is 1. The second kappa shape index (κ2) is 45.4. The molecule has 0 aliphatic heterocycles. The molecule has 0 aliphatic rings. The van der Waals surface area contributed by atoms with Crippen molar-refractivity contribution in [1.82, 2.24) is 5.32 Å². The van der Waals surface area contributed by atoms with Crippen molar-refractivity contribution in [2.45, 2.75) is 283 Å². The van der Waals surface area contributed by atoms with Crippen LogP contribution in [0.5, 0.6) is 0 Å². The Kier molecular flexibility index (Phi) is 44.8. The average Bonchev–Trinajstić information content (AvgIpc) is 3.23. The molecule has 0 saturated heterocycles. The molecule has 3 unspecified atom stereocenters. The van der Waals surface area contributed by atoms with Crippen LogP contribution in [0, 0.1) is 0 Å². The molecule has 0 radical (unpaired) electrons. The summed E-state index contributed by atoms with van der Waals surface area (Å²) in [5.41, 5.74) is 0. The summed E-state index contributed by atoms with van der Waals surface area (Å²) in [4.78, 5) is 25.3. The number of nitrogens with zero attached hydrogens (tertiary/aromatic N) is 1. The first-order valence-corrected chi connectivity index (χ1v) is 28.5. The normalized spacial score (nSPS) is 14.1. The molecule has 0 aliphatic carbocycles. The van der Waals surface area contributed by atoms with Gasteiger partial charge in [0.2, 0.25) is 5.91 Å². The number of hydrogen-bond acceptors (Lipinski definition) is 6. The summed E-state index contributed by atoms with van der Waals surface area (Å²) >= 11 is 0. The molecule has 62 heavy (non-hydrogen) atoms. The highest BCUT2D eigenvalue weighted by Gasteiger charge is 2.24. The zero-order valence-corrected chi connectivity index (χ0v) is 43.0. The van der Waals surface area contributed by atoms with Crippen LogP contribution >= 0.6 is 7.82 Å². The van der Waals surface area contributed by atoms with Crippen LogP contribution in [-0.2, 0) is 18.4 Å². The highest BCUT2D eigenvalue weighted by Crippen LogP contribution is 2.38. The minimum atomic E-state index is -4.56. The van der Waals surface area contributed by atoms with Gasteiger partial charge in [-0.1, -0.05) is 238 Å². The number of hydrogen-bond donors (Lipinski definition) is 2. The van der Waals surface area contributed by atoms with Gasteiger partial charge in [0.05, 0.1) is 39.9 Å². The second-order valence-electron chi connectivity index (χ2n) is 19.9. The topological polar surface area (TPSA) is 108 Å². The third kappa shape index (κ3) is 47.2. The number of carbonyl (C=O) groups excluding carboxylic acids is 1. The van der Waals surface area contributed by atoms with Gasteiger partial charge < -0.3 is 28.8 Å². The third-order valence-corrected chi connectivity index (χ3v) is 13.5. The standard InChI is InChI=1S/C53H107N2O6P/c1-6-8-10-12-14-16-17-18-19-20-21-22-23-24-25-26-27-28-29-30-31-32-33-34-35-36-37-39-41-43-45-47-53(57)54-51(50-61-62(58,59)60-49-48-55(3,4)5)52(56)46-44-42-40-38-15-13-11-9-7-2/h24-25,51-52,56H,6-23,26-50H2,1-5H3,(H-,54,57,58,59)/b25-24-. The summed E-state index contributed by atoms with van der Waals surface area (Å²) in [5, 5.41) is 13.9. The molecule has 8 nitrogen and oxygen atoms in total. The van der Waals surface area contributed by atoms with Crippen molar-refractivity contribution in [2.75, 3.05) is 40.9 Å². The van der Waals surface area contributed by atoms with Gasteiger partial charge in [0.25, 0.3) is 7.82 Å². The minimum Gasteiger partial charge on any atom is -0.756 e. The van der Waals surface area contributed by atoms with Gasteiger partial charge in [0, 0.05) is 6.42 Å². The Labute approximate surface area is 386 Å². The molecular formula is C53H107N2O6P. The summed E-state index contributed by atoms with van der Waals surface area (Å²) in [6.07, 6.45) is 54.1. The largest absolute Gasteiger partial charge is 0.756 e. The Bertz CT molecular complexity index is 1020. The Balaban J connectivity index is 3.92. The van der Waals surface area contributed by atoms with E-state index in [1.165, 1.54) is 205 Å². The molecule has 1 amide bonds. The van der Waals surface area contributed by atoms with Gasteiger partial charge >= 0.3 is 0 Å². The number of allylic oxidation sites excluding steroid dienone is 2. The average molecular weight is 899 g/mol. The Morgan fingerprint density at radius 3 is 1.26 bits per heavy atom. The summed E-state index contributed by atoms with van der Waals surface area (Å²) in [7, 11) is 1.31. The number of nitrogens with one attached hydrogen (secondary N) is 1. The molecule has 0 spiro atoms. The second-order valence-corrected chi connectivity index (χ2v) is 21.4. The van der Waals surface area contributed by atoms with E-state index in [1.54, 1.807) is 0 Å². The number of amides is 1. The monoisotopic (exact) mass is 899 g/mol. The van der Waals surface area contributed by atoms with Gasteiger partial charge in [0.1, 0.15) is 13.2 Å². The minimum absolute atomic E-state index is 0.0144. The summed E-state index contributed by atoms with van der Waals surface area (Å²) in [6, 6.07) is -0.795. The van der Waals surface area contributed by atoms with E-state index in [2.05, 4.69) is 31.3 Å². The molecule has 0 heterocycles. The quantitative estimate of drug-likeness (QED) is 0.0272. The molecule has 370 valence electrons. The van der Waals surface area contributed by atoms with Gasteiger partial charge in [0.15, 0.2) is 0 Å². The van der Waals surface area contributed by atoms with E-state index >= 15 is 0 Å². The molecule has 0 bridgehead atoms. The lowest BCUT2D eigenvalue weighted by molar-refractivity contribution is -0.870. The molecule has 0 aromatic carbocycles. The number of phosphoric acid groups is 1. The molecule has 2 N–H and O–H groups in total. The van der Waals surface area contributed by atoms with Crippen LogP contribution in [0.1, 0.15) is 271 Å². The highest BCUT2D eigenvalue weighted by atomic mass is 31.2. The smallest absolute Gasteiger partial charge is 0.268 e. The fraction of sp³-hybridized carbons (Fsp3) is 0.943. The van der Waals surface area contributed by atoms with E-state index in [0.717, 1.165) is 38.5 Å². The van der Waals surface area contributed by atoms with Gasteiger partial charge in [-0.25, -0.2) is 0 Å². The van der Waals surface area contributed by atoms with E-state index in [-0.39, 0.29) is 19.1 Å². The molecule has 3 atom stereocenters. The summed E-state index contributed by atoms with van der Waals surface area (Å²) < 4.78 is 23.3. The van der Waals surface area contributed by atoms with Crippen molar-refractivity contribution < 1.29 is 32.9 Å². The van der Waals surface area contributed by atoms with Crippen LogP contribution in [0.15, 0.2) is 12.2 Å². The van der Waals surface area contributed by atoms with Crippen LogP contribution in [0.3, 0.4) is 0 Å². The van der Waals surface area contributed by atoms with Crippen molar-refractivity contribution in [3.63, 3.8) is 0 Å². The molecule has 0 fully saturated rings. The maximum atomic E-state index is 12.9. The van der Waals surface area contributed by atoms with Crippen molar-refractivity contribution in [1.29, 1.82) is 0 Å². The first-order chi connectivity index (χ1) is 30.0. The Morgan fingerprint density at radius 1 is 0.548 bits per heavy atom. The van der Waals surface area contributed by atoms with Crippen LogP contribution in [0.25, 0.3) is 0 Å². The zero-order chi connectivity index (χ0) is 45.7. The van der Waals surface area contributed by atoms with E-state index in [4.69, 9.17) is 9.05 Å². The van der Waals surface area contributed by atoms with Gasteiger partial charge in [-0.15, -0.1) is 0 Å². The lowest BCUT2D eigenvalue weighted by Gasteiger charge is -2.30. The first-order valence-electron chi connectivity index (χ1n) is 27.0. The third-order valence-electron chi connectivity index (χ3n) is 12.5. The Hall–Kier alpha value is -0.760. The maximum absolute atomic E-state index is 12.9. The molecule has 0 aromatic heterocycles. The highest BCUT2D eigenvalue weighted by molar-refractivity contribution is 7.45. The zero-order valence-electron chi connectivity index (χ0n) is 42.1. The van der Waals surface area contributed by atoms with Crippen molar-refractivity contribution in [3.05, 3.63) is 12.2 Å². The maximum Gasteiger partial charge on any atom is 0.268 e. The van der Waals surface area contributed by atoms with Crippen molar-refractivity contribution in [3.8, 4) is 0 Å². The van der Waals surface area contributed by atoms with Crippen LogP contribution in [0.2, 0.25) is 0 Å². The van der Waals surface area contributed by atoms with Crippen molar-refractivity contribution in [2.24, 2.45) is 0 Å². The molecular weight excluding hydrogens is 792 g/mol. The lowest BCUT2D eigenvalue weighted by Crippen LogP contribution is -2.46. The fourth-order valence-electron chi connectivity index (χ4n) is 8.21. The van der Waals surface area contributed by atoms with E-state index in [9.17, 15) is 19.4 Å². The summed E-state index contributed by atoms with van der Waals surface area (Å²) in [6.45, 7) is 4.72. The van der Waals surface area contributed by atoms with E-state index in [1.807, 2.05) is 21.1 Å². The number of rotatable bonds is 50. The molecule has 0 saturated carbocycles. The summed E-state index contributed by atoms with van der Waals surface area (Å²) in [5.74, 6) is -0.163. The number of unbranched alkanes of at least 4 members (excludes halogenated alkanes) is 35. The predicted octanol–water partition coefficient (Wildman–Crippen LogP) is 15.2. The van der Waals surface area contributed by atoms with Gasteiger partial charge in [-0.2, -0.15) is 0 Å². The van der Waals surface area contributed by atoms with Crippen LogP contribution in [-0.4, -0.2) is 68.5 Å². The Morgan fingerprint density at radius 2 is 0.887 bits per heavy atom. The molecule has 0 rings (SSSR count). The van der Waals surface area contributed by atoms with Crippen molar-refractivity contribution >= 4 is 13.7 Å². The fourth-order valence-corrected chi connectivity index (χ4v) is 8.94.